The number of ether oxygens (including phenoxy) is 4. The van der Waals surface area contributed by atoms with Gasteiger partial charge >= 0.3 is 0 Å². The van der Waals surface area contributed by atoms with Crippen LogP contribution in [-0.2, 0) is 18.9 Å². The van der Waals surface area contributed by atoms with Crippen molar-refractivity contribution in [1.82, 2.24) is 5.32 Å². The van der Waals surface area contributed by atoms with E-state index in [1.165, 1.54) is 19.3 Å². The lowest BCUT2D eigenvalue weighted by Crippen LogP contribution is -2.43. The molecular weight excluding hydrogens is 258 g/mol. The van der Waals surface area contributed by atoms with Gasteiger partial charge in [0, 0.05) is 38.8 Å². The standard InChI is InChI=1S/C15H24NO4/c1-2-4-14(5-3-1)17-10-12(19-14)13-11-18-15(20-13)6-8-16-9-7-15/h12,16H,1-11H2. The maximum atomic E-state index is 6.23. The van der Waals surface area contributed by atoms with E-state index in [2.05, 4.69) is 5.32 Å². The monoisotopic (exact) mass is 282 g/mol. The topological polar surface area (TPSA) is 49.0 Å². The largest absolute Gasteiger partial charge is 0.347 e. The molecule has 4 rings (SSSR count). The van der Waals surface area contributed by atoms with Gasteiger partial charge in [0.1, 0.15) is 6.10 Å². The van der Waals surface area contributed by atoms with E-state index in [4.69, 9.17) is 18.9 Å². The molecule has 0 aromatic heterocycles. The van der Waals surface area contributed by atoms with Gasteiger partial charge in [-0.05, 0) is 12.8 Å². The Labute approximate surface area is 120 Å². The van der Waals surface area contributed by atoms with Crippen molar-refractivity contribution < 1.29 is 18.9 Å². The third kappa shape index (κ3) is 2.40. The second-order valence-corrected chi connectivity index (χ2v) is 6.41. The molecule has 3 heterocycles. The van der Waals surface area contributed by atoms with Gasteiger partial charge < -0.3 is 24.3 Å². The normalized spacial score (nSPS) is 36.9. The summed E-state index contributed by atoms with van der Waals surface area (Å²) in [6.45, 7) is 3.09. The zero-order valence-corrected chi connectivity index (χ0v) is 12.0. The van der Waals surface area contributed by atoms with Gasteiger partial charge in [-0.15, -0.1) is 0 Å². The lowest BCUT2D eigenvalue weighted by Gasteiger charge is -2.33. The summed E-state index contributed by atoms with van der Waals surface area (Å²) in [7, 11) is 0. The van der Waals surface area contributed by atoms with Crippen molar-refractivity contribution in [2.24, 2.45) is 0 Å². The Bertz CT molecular complexity index is 316. The number of rotatable bonds is 1. The number of piperidine rings is 1. The van der Waals surface area contributed by atoms with E-state index in [0.29, 0.717) is 13.2 Å². The summed E-state index contributed by atoms with van der Waals surface area (Å²) >= 11 is 0. The van der Waals surface area contributed by atoms with Crippen LogP contribution >= 0.6 is 0 Å². The molecule has 2 spiro atoms. The first-order valence-electron chi connectivity index (χ1n) is 8.01. The quantitative estimate of drug-likeness (QED) is 0.793. The van der Waals surface area contributed by atoms with Crippen LogP contribution in [0.15, 0.2) is 0 Å². The van der Waals surface area contributed by atoms with Crippen molar-refractivity contribution in [1.29, 1.82) is 0 Å². The van der Waals surface area contributed by atoms with Crippen molar-refractivity contribution >= 4 is 0 Å². The molecular formula is C15H24NO4. The van der Waals surface area contributed by atoms with E-state index in [0.717, 1.165) is 44.9 Å². The van der Waals surface area contributed by atoms with Crippen molar-refractivity contribution in [2.75, 3.05) is 26.3 Å². The van der Waals surface area contributed by atoms with E-state index in [9.17, 15) is 0 Å². The Morgan fingerprint density at radius 2 is 1.70 bits per heavy atom. The Morgan fingerprint density at radius 3 is 2.50 bits per heavy atom. The van der Waals surface area contributed by atoms with Crippen LogP contribution in [0.1, 0.15) is 44.9 Å². The van der Waals surface area contributed by atoms with Crippen LogP contribution in [0.4, 0.5) is 0 Å². The average Bonchev–Trinajstić information content (AvgIpc) is 3.07. The summed E-state index contributed by atoms with van der Waals surface area (Å²) in [5.74, 6) is -0.727. The fourth-order valence-electron chi connectivity index (χ4n) is 3.78. The molecule has 1 radical (unpaired) electrons. The Kier molecular flexibility index (Phi) is 3.51. The molecule has 0 amide bonds. The summed E-state index contributed by atoms with van der Waals surface area (Å²) < 4.78 is 24.3. The first-order chi connectivity index (χ1) is 9.79. The molecule has 113 valence electrons. The highest BCUT2D eigenvalue weighted by Crippen LogP contribution is 2.44. The second-order valence-electron chi connectivity index (χ2n) is 6.41. The van der Waals surface area contributed by atoms with Crippen LogP contribution in [0.3, 0.4) is 0 Å². The molecule has 1 N–H and O–H groups in total. The Hall–Kier alpha value is -0.200. The lowest BCUT2D eigenvalue weighted by atomic mass is 9.94. The fraction of sp³-hybridized carbons (Fsp3) is 0.933. The van der Waals surface area contributed by atoms with Gasteiger partial charge in [0.05, 0.1) is 13.2 Å². The molecule has 0 bridgehead atoms. The highest BCUT2D eigenvalue weighted by Gasteiger charge is 2.51. The zero-order chi connectivity index (χ0) is 13.5. The van der Waals surface area contributed by atoms with Gasteiger partial charge in [-0.1, -0.05) is 6.42 Å². The molecule has 4 aliphatic rings. The molecule has 0 aromatic rings. The van der Waals surface area contributed by atoms with Crippen molar-refractivity contribution in [3.05, 3.63) is 6.10 Å². The zero-order valence-electron chi connectivity index (χ0n) is 12.0. The molecule has 4 fully saturated rings. The first-order valence-corrected chi connectivity index (χ1v) is 8.01. The van der Waals surface area contributed by atoms with Gasteiger partial charge in [-0.25, -0.2) is 0 Å². The summed E-state index contributed by atoms with van der Waals surface area (Å²) in [6.07, 6.45) is 8.47. The Balaban J connectivity index is 1.37. The third-order valence-electron chi connectivity index (χ3n) is 4.99. The highest BCUT2D eigenvalue weighted by atomic mass is 16.8. The molecule has 1 aliphatic carbocycles. The van der Waals surface area contributed by atoms with Gasteiger partial charge in [0.15, 0.2) is 17.7 Å². The number of hydrogen-bond donors (Lipinski definition) is 1. The van der Waals surface area contributed by atoms with Crippen LogP contribution in [0.2, 0.25) is 0 Å². The van der Waals surface area contributed by atoms with E-state index in [-0.39, 0.29) is 11.9 Å². The van der Waals surface area contributed by atoms with Gasteiger partial charge in [0.2, 0.25) is 0 Å². The van der Waals surface area contributed by atoms with Crippen molar-refractivity contribution in [3.63, 3.8) is 0 Å². The summed E-state index contributed by atoms with van der Waals surface area (Å²) in [6, 6.07) is 0. The van der Waals surface area contributed by atoms with Crippen molar-refractivity contribution in [2.45, 2.75) is 62.6 Å². The van der Waals surface area contributed by atoms with Gasteiger partial charge in [-0.2, -0.15) is 0 Å². The predicted molar refractivity (Wildman–Crippen MR) is 71.8 cm³/mol. The molecule has 1 atom stereocenters. The first kappa shape index (κ1) is 13.5. The van der Waals surface area contributed by atoms with Gasteiger partial charge in [-0.3, -0.25) is 0 Å². The minimum Gasteiger partial charge on any atom is -0.347 e. The molecule has 0 aromatic carbocycles. The minimum atomic E-state index is -0.397. The molecule has 5 heteroatoms. The molecule has 1 saturated carbocycles. The smallest absolute Gasteiger partial charge is 0.172 e. The van der Waals surface area contributed by atoms with E-state index < -0.39 is 5.79 Å². The summed E-state index contributed by atoms with van der Waals surface area (Å²) in [4.78, 5) is 0. The van der Waals surface area contributed by atoms with Crippen LogP contribution in [0.5, 0.6) is 0 Å². The minimum absolute atomic E-state index is 0.0395. The SMILES string of the molecule is C1CCC2(CC1)OCC([C]1COC3(CCNCC3)O1)O2. The van der Waals surface area contributed by atoms with Crippen LogP contribution in [0, 0.1) is 6.10 Å². The maximum absolute atomic E-state index is 6.23. The molecule has 20 heavy (non-hydrogen) atoms. The second kappa shape index (κ2) is 5.21. The lowest BCUT2D eigenvalue weighted by molar-refractivity contribution is -0.200. The average molecular weight is 282 g/mol. The van der Waals surface area contributed by atoms with Crippen LogP contribution in [-0.4, -0.2) is 44.0 Å². The summed E-state index contributed by atoms with van der Waals surface area (Å²) in [5.41, 5.74) is 0. The summed E-state index contributed by atoms with van der Waals surface area (Å²) in [5, 5.41) is 3.34. The molecule has 1 unspecified atom stereocenters. The third-order valence-corrected chi connectivity index (χ3v) is 4.99. The fourth-order valence-corrected chi connectivity index (χ4v) is 3.78. The van der Waals surface area contributed by atoms with E-state index in [1.807, 2.05) is 0 Å². The molecule has 3 aliphatic heterocycles. The van der Waals surface area contributed by atoms with E-state index >= 15 is 0 Å². The van der Waals surface area contributed by atoms with E-state index in [1.54, 1.807) is 0 Å². The number of hydrogen-bond acceptors (Lipinski definition) is 5. The molecule has 5 nitrogen and oxygen atoms in total. The maximum Gasteiger partial charge on any atom is 0.172 e. The highest BCUT2D eigenvalue weighted by molar-refractivity contribution is 5.01. The van der Waals surface area contributed by atoms with Crippen LogP contribution in [0.25, 0.3) is 0 Å². The predicted octanol–water partition coefficient (Wildman–Crippen LogP) is 1.72. The van der Waals surface area contributed by atoms with Crippen molar-refractivity contribution in [3.8, 4) is 0 Å². The van der Waals surface area contributed by atoms with Crippen LogP contribution < -0.4 is 5.32 Å². The number of nitrogens with one attached hydrogen (secondary N) is 1. The Morgan fingerprint density at radius 1 is 0.900 bits per heavy atom. The van der Waals surface area contributed by atoms with Gasteiger partial charge in [0.25, 0.3) is 0 Å². The molecule has 3 saturated heterocycles.